The van der Waals surface area contributed by atoms with E-state index in [9.17, 15) is 0 Å². The van der Waals surface area contributed by atoms with Crippen LogP contribution in [0.4, 0.5) is 5.69 Å². The number of benzene rings is 2. The van der Waals surface area contributed by atoms with Gasteiger partial charge >= 0.3 is 0 Å². The summed E-state index contributed by atoms with van der Waals surface area (Å²) in [7, 11) is 0. The van der Waals surface area contributed by atoms with E-state index in [1.165, 1.54) is 16.7 Å². The standard InChI is InChI=1S/C19H24N4.HI/c1-15-6-8-18(9-7-15)22-19(20)21-11-13-23-12-10-16-4-2-3-5-17(16)14-23;/h2-9H,10-14H2,1H3,(H3,20,21,22);1H. The highest BCUT2D eigenvalue weighted by molar-refractivity contribution is 14.0. The SMILES string of the molecule is Cc1ccc(NC(N)=NCCN2CCc3ccccc3C2)cc1.I. The maximum Gasteiger partial charge on any atom is 0.193 e. The number of aliphatic imine (C=N–C) groups is 1. The van der Waals surface area contributed by atoms with Crippen LogP contribution in [0, 0.1) is 6.92 Å². The number of halogens is 1. The Kier molecular flexibility index (Phi) is 7.05. The second kappa shape index (κ2) is 9.03. The first-order valence-electron chi connectivity index (χ1n) is 8.13. The van der Waals surface area contributed by atoms with Gasteiger partial charge in [-0.15, -0.1) is 24.0 Å². The van der Waals surface area contributed by atoms with Gasteiger partial charge in [0.05, 0.1) is 6.54 Å². The molecule has 0 atom stereocenters. The molecular formula is C19H25IN4. The molecular weight excluding hydrogens is 411 g/mol. The number of guanidine groups is 1. The second-order valence-corrected chi connectivity index (χ2v) is 6.05. The predicted molar refractivity (Wildman–Crippen MR) is 112 cm³/mol. The molecule has 0 unspecified atom stereocenters. The fourth-order valence-electron chi connectivity index (χ4n) is 2.88. The van der Waals surface area contributed by atoms with Gasteiger partial charge in [-0.1, -0.05) is 42.0 Å². The smallest absolute Gasteiger partial charge is 0.193 e. The van der Waals surface area contributed by atoms with Crippen LogP contribution in [0.2, 0.25) is 0 Å². The molecule has 3 N–H and O–H groups in total. The highest BCUT2D eigenvalue weighted by atomic mass is 127. The Morgan fingerprint density at radius 2 is 1.83 bits per heavy atom. The van der Waals surface area contributed by atoms with Crippen LogP contribution in [0.15, 0.2) is 53.5 Å². The van der Waals surface area contributed by atoms with Crippen LogP contribution < -0.4 is 11.1 Å². The molecule has 1 aliphatic rings. The molecule has 24 heavy (non-hydrogen) atoms. The summed E-state index contributed by atoms with van der Waals surface area (Å²) in [5.41, 5.74) is 11.1. The zero-order valence-corrected chi connectivity index (χ0v) is 16.4. The Labute approximate surface area is 161 Å². The predicted octanol–water partition coefficient (Wildman–Crippen LogP) is 3.40. The maximum absolute atomic E-state index is 5.96. The van der Waals surface area contributed by atoms with Gasteiger partial charge in [-0.2, -0.15) is 0 Å². The van der Waals surface area contributed by atoms with Crippen LogP contribution in [0.1, 0.15) is 16.7 Å². The van der Waals surface area contributed by atoms with E-state index in [-0.39, 0.29) is 24.0 Å². The number of aryl methyl sites for hydroxylation is 1. The molecule has 4 nitrogen and oxygen atoms in total. The highest BCUT2D eigenvalue weighted by Gasteiger charge is 2.14. The van der Waals surface area contributed by atoms with Crippen molar-refractivity contribution in [2.45, 2.75) is 19.9 Å². The van der Waals surface area contributed by atoms with Crippen molar-refractivity contribution >= 4 is 35.6 Å². The van der Waals surface area contributed by atoms with Crippen molar-refractivity contribution < 1.29 is 0 Å². The summed E-state index contributed by atoms with van der Waals surface area (Å²) >= 11 is 0. The molecule has 0 bridgehead atoms. The normalized spacial score (nSPS) is 14.6. The third kappa shape index (κ3) is 5.21. The van der Waals surface area contributed by atoms with Crippen LogP contribution in [-0.4, -0.2) is 30.5 Å². The topological polar surface area (TPSA) is 53.6 Å². The van der Waals surface area contributed by atoms with E-state index in [0.717, 1.165) is 31.7 Å². The van der Waals surface area contributed by atoms with Crippen LogP contribution >= 0.6 is 24.0 Å². The lowest BCUT2D eigenvalue weighted by Crippen LogP contribution is -2.33. The van der Waals surface area contributed by atoms with E-state index in [4.69, 9.17) is 5.73 Å². The first-order chi connectivity index (χ1) is 11.2. The van der Waals surface area contributed by atoms with Crippen molar-refractivity contribution in [3.63, 3.8) is 0 Å². The third-order valence-electron chi connectivity index (χ3n) is 4.23. The first kappa shape index (κ1) is 18.7. The van der Waals surface area contributed by atoms with Gasteiger partial charge in [0.15, 0.2) is 5.96 Å². The zero-order valence-electron chi connectivity index (χ0n) is 14.0. The molecule has 1 aliphatic heterocycles. The monoisotopic (exact) mass is 436 g/mol. The number of hydrogen-bond donors (Lipinski definition) is 2. The molecule has 0 aromatic heterocycles. The number of rotatable bonds is 4. The van der Waals surface area contributed by atoms with E-state index < -0.39 is 0 Å². The molecule has 2 aromatic carbocycles. The van der Waals surface area contributed by atoms with Gasteiger partial charge in [0.25, 0.3) is 0 Å². The molecule has 0 fully saturated rings. The molecule has 5 heteroatoms. The van der Waals surface area contributed by atoms with Crippen LogP contribution in [-0.2, 0) is 13.0 Å². The Morgan fingerprint density at radius 3 is 2.58 bits per heavy atom. The average Bonchev–Trinajstić information content (AvgIpc) is 2.57. The number of nitrogens with one attached hydrogen (secondary N) is 1. The largest absolute Gasteiger partial charge is 0.370 e. The van der Waals surface area contributed by atoms with Crippen molar-refractivity contribution in [1.29, 1.82) is 0 Å². The van der Waals surface area contributed by atoms with Gasteiger partial charge in [0, 0.05) is 25.3 Å². The molecule has 0 amide bonds. The van der Waals surface area contributed by atoms with Gasteiger partial charge in [0.2, 0.25) is 0 Å². The average molecular weight is 436 g/mol. The summed E-state index contributed by atoms with van der Waals surface area (Å²) in [4.78, 5) is 6.87. The van der Waals surface area contributed by atoms with E-state index in [0.29, 0.717) is 12.5 Å². The van der Waals surface area contributed by atoms with Gasteiger partial charge in [-0.25, -0.2) is 0 Å². The van der Waals surface area contributed by atoms with Crippen molar-refractivity contribution in [2.75, 3.05) is 25.0 Å². The lowest BCUT2D eigenvalue weighted by Gasteiger charge is -2.28. The summed E-state index contributed by atoms with van der Waals surface area (Å²) in [6.45, 7) is 5.82. The Balaban J connectivity index is 0.00000208. The molecule has 0 spiro atoms. The minimum atomic E-state index is 0. The second-order valence-electron chi connectivity index (χ2n) is 6.05. The molecule has 128 valence electrons. The summed E-state index contributed by atoms with van der Waals surface area (Å²) in [6, 6.07) is 16.8. The van der Waals surface area contributed by atoms with Gasteiger partial charge in [-0.3, -0.25) is 9.89 Å². The minimum Gasteiger partial charge on any atom is -0.370 e. The summed E-state index contributed by atoms with van der Waals surface area (Å²) < 4.78 is 0. The fraction of sp³-hybridized carbons (Fsp3) is 0.316. The Hall–Kier alpha value is -1.60. The lowest BCUT2D eigenvalue weighted by atomic mass is 10.0. The van der Waals surface area contributed by atoms with E-state index in [2.05, 4.69) is 58.5 Å². The van der Waals surface area contributed by atoms with E-state index in [1.54, 1.807) is 0 Å². The minimum absolute atomic E-state index is 0. The Bertz CT molecular complexity index is 682. The molecule has 0 radical (unpaired) electrons. The molecule has 0 saturated heterocycles. The molecule has 2 aromatic rings. The molecule has 0 aliphatic carbocycles. The number of anilines is 1. The summed E-state index contributed by atoms with van der Waals surface area (Å²) in [5, 5.41) is 3.13. The summed E-state index contributed by atoms with van der Waals surface area (Å²) in [6.07, 6.45) is 1.12. The lowest BCUT2D eigenvalue weighted by molar-refractivity contribution is 0.262. The van der Waals surface area contributed by atoms with Crippen molar-refractivity contribution in [1.82, 2.24) is 4.90 Å². The maximum atomic E-state index is 5.96. The van der Waals surface area contributed by atoms with Gasteiger partial charge < -0.3 is 11.1 Å². The number of hydrogen-bond acceptors (Lipinski definition) is 2. The third-order valence-corrected chi connectivity index (χ3v) is 4.23. The first-order valence-corrected chi connectivity index (χ1v) is 8.13. The van der Waals surface area contributed by atoms with Crippen molar-refractivity contribution in [3.8, 4) is 0 Å². The van der Waals surface area contributed by atoms with E-state index in [1.807, 2.05) is 12.1 Å². The van der Waals surface area contributed by atoms with E-state index >= 15 is 0 Å². The number of nitrogens with zero attached hydrogens (tertiary/aromatic N) is 2. The number of nitrogens with two attached hydrogens (primary N) is 1. The van der Waals surface area contributed by atoms with Crippen LogP contribution in [0.3, 0.4) is 0 Å². The quantitative estimate of drug-likeness (QED) is 0.439. The molecule has 3 rings (SSSR count). The Morgan fingerprint density at radius 1 is 1.12 bits per heavy atom. The van der Waals surface area contributed by atoms with Crippen molar-refractivity contribution in [3.05, 3.63) is 65.2 Å². The van der Waals surface area contributed by atoms with Crippen molar-refractivity contribution in [2.24, 2.45) is 10.7 Å². The summed E-state index contributed by atoms with van der Waals surface area (Å²) in [5.74, 6) is 0.478. The number of fused-ring (bicyclic) bond motifs is 1. The zero-order chi connectivity index (χ0) is 16.1. The fourth-order valence-corrected chi connectivity index (χ4v) is 2.88. The molecule has 0 saturated carbocycles. The van der Waals surface area contributed by atoms with Crippen LogP contribution in [0.25, 0.3) is 0 Å². The van der Waals surface area contributed by atoms with Gasteiger partial charge in [-0.05, 0) is 36.6 Å². The van der Waals surface area contributed by atoms with Crippen LogP contribution in [0.5, 0.6) is 0 Å². The molecule has 1 heterocycles. The van der Waals surface area contributed by atoms with Gasteiger partial charge in [0.1, 0.15) is 0 Å². The highest BCUT2D eigenvalue weighted by Crippen LogP contribution is 2.17.